The highest BCUT2D eigenvalue weighted by atomic mass is 16.1. The molecule has 6 nitrogen and oxygen atoms in total. The standard InChI is InChI=1S/C14H14N4O2/c1-8-5-6-17-12(18-8)7-11-9(13(15)19)3-2-4-10(11)14(16)20/h2-6H,7H2,1H3,(H2,15,19)(H2,16,20). The van der Waals surface area contributed by atoms with E-state index in [0.29, 0.717) is 11.4 Å². The first kappa shape index (κ1) is 13.7. The summed E-state index contributed by atoms with van der Waals surface area (Å²) in [6.07, 6.45) is 1.84. The zero-order chi connectivity index (χ0) is 14.7. The van der Waals surface area contributed by atoms with E-state index in [2.05, 4.69) is 9.97 Å². The van der Waals surface area contributed by atoms with Crippen molar-refractivity contribution in [1.29, 1.82) is 0 Å². The maximum atomic E-state index is 11.5. The molecule has 20 heavy (non-hydrogen) atoms. The van der Waals surface area contributed by atoms with Gasteiger partial charge in [-0.25, -0.2) is 9.97 Å². The lowest BCUT2D eigenvalue weighted by Crippen LogP contribution is -2.20. The van der Waals surface area contributed by atoms with Crippen LogP contribution in [0.1, 0.15) is 37.8 Å². The Balaban J connectivity index is 2.53. The molecule has 2 rings (SSSR count). The van der Waals surface area contributed by atoms with Crippen molar-refractivity contribution in [2.45, 2.75) is 13.3 Å². The summed E-state index contributed by atoms with van der Waals surface area (Å²) in [6, 6.07) is 6.44. The molecular weight excluding hydrogens is 256 g/mol. The molecule has 4 N–H and O–H groups in total. The molecule has 0 atom stereocenters. The van der Waals surface area contributed by atoms with E-state index in [4.69, 9.17) is 11.5 Å². The average Bonchev–Trinajstić information content (AvgIpc) is 2.38. The van der Waals surface area contributed by atoms with Crippen molar-refractivity contribution in [2.24, 2.45) is 11.5 Å². The van der Waals surface area contributed by atoms with Crippen molar-refractivity contribution in [3.05, 3.63) is 58.7 Å². The van der Waals surface area contributed by atoms with E-state index in [1.165, 1.54) is 0 Å². The van der Waals surface area contributed by atoms with Gasteiger partial charge in [0.1, 0.15) is 5.82 Å². The summed E-state index contributed by atoms with van der Waals surface area (Å²) in [5, 5.41) is 0. The van der Waals surface area contributed by atoms with Gasteiger partial charge in [-0.15, -0.1) is 0 Å². The van der Waals surface area contributed by atoms with Crippen molar-refractivity contribution < 1.29 is 9.59 Å². The van der Waals surface area contributed by atoms with E-state index in [9.17, 15) is 9.59 Å². The number of aryl methyl sites for hydroxylation is 1. The molecule has 1 aromatic heterocycles. The molecule has 6 heteroatoms. The Morgan fingerprint density at radius 3 is 2.20 bits per heavy atom. The van der Waals surface area contributed by atoms with Crippen molar-refractivity contribution in [2.75, 3.05) is 0 Å². The van der Waals surface area contributed by atoms with Crippen LogP contribution in [0.5, 0.6) is 0 Å². The molecule has 0 unspecified atom stereocenters. The molecule has 0 aliphatic heterocycles. The van der Waals surface area contributed by atoms with Crippen LogP contribution in [0.25, 0.3) is 0 Å². The van der Waals surface area contributed by atoms with E-state index in [0.717, 1.165) is 5.69 Å². The van der Waals surface area contributed by atoms with Gasteiger partial charge in [0.15, 0.2) is 0 Å². The minimum Gasteiger partial charge on any atom is -0.366 e. The van der Waals surface area contributed by atoms with Gasteiger partial charge in [0.2, 0.25) is 11.8 Å². The lowest BCUT2D eigenvalue weighted by Gasteiger charge is -2.10. The molecule has 0 bridgehead atoms. The van der Waals surface area contributed by atoms with Gasteiger partial charge in [0, 0.05) is 29.4 Å². The Labute approximate surface area is 115 Å². The summed E-state index contributed by atoms with van der Waals surface area (Å²) in [7, 11) is 0. The van der Waals surface area contributed by atoms with Crippen LogP contribution in [0.15, 0.2) is 30.5 Å². The lowest BCUT2D eigenvalue weighted by atomic mass is 9.97. The number of hydrogen-bond acceptors (Lipinski definition) is 4. The first-order valence-corrected chi connectivity index (χ1v) is 5.99. The predicted molar refractivity (Wildman–Crippen MR) is 73.1 cm³/mol. The van der Waals surface area contributed by atoms with Gasteiger partial charge in [-0.2, -0.15) is 0 Å². The third-order valence-electron chi connectivity index (χ3n) is 2.89. The van der Waals surface area contributed by atoms with Crippen molar-refractivity contribution in [3.8, 4) is 0 Å². The number of nitrogens with zero attached hydrogens (tertiary/aromatic N) is 2. The first-order valence-electron chi connectivity index (χ1n) is 5.99. The Hall–Kier alpha value is -2.76. The van der Waals surface area contributed by atoms with Crippen LogP contribution < -0.4 is 11.5 Å². The SMILES string of the molecule is Cc1ccnc(Cc2c(C(N)=O)cccc2C(N)=O)n1. The maximum Gasteiger partial charge on any atom is 0.249 e. The third-order valence-corrected chi connectivity index (χ3v) is 2.89. The van der Waals surface area contributed by atoms with Crippen molar-refractivity contribution in [3.63, 3.8) is 0 Å². The zero-order valence-corrected chi connectivity index (χ0v) is 11.0. The van der Waals surface area contributed by atoms with Crippen LogP contribution in [0.2, 0.25) is 0 Å². The number of carbonyl (C=O) groups is 2. The number of carbonyl (C=O) groups excluding carboxylic acids is 2. The van der Waals surface area contributed by atoms with Gasteiger partial charge < -0.3 is 11.5 Å². The summed E-state index contributed by atoms with van der Waals surface area (Å²) in [4.78, 5) is 31.3. The summed E-state index contributed by atoms with van der Waals surface area (Å²) >= 11 is 0. The van der Waals surface area contributed by atoms with Gasteiger partial charge >= 0.3 is 0 Å². The predicted octanol–water partition coefficient (Wildman–Crippen LogP) is 0.574. The minimum atomic E-state index is -0.615. The van der Waals surface area contributed by atoms with Gasteiger partial charge in [0.25, 0.3) is 0 Å². The minimum absolute atomic E-state index is 0.221. The fourth-order valence-corrected chi connectivity index (χ4v) is 1.98. The van der Waals surface area contributed by atoms with Crippen LogP contribution in [-0.2, 0) is 6.42 Å². The average molecular weight is 270 g/mol. The zero-order valence-electron chi connectivity index (χ0n) is 11.0. The number of benzene rings is 1. The number of rotatable bonds is 4. The highest BCUT2D eigenvalue weighted by Crippen LogP contribution is 2.17. The molecule has 0 radical (unpaired) electrons. The first-order chi connectivity index (χ1) is 9.49. The Morgan fingerprint density at radius 1 is 1.10 bits per heavy atom. The van der Waals surface area contributed by atoms with E-state index in [-0.39, 0.29) is 17.5 Å². The van der Waals surface area contributed by atoms with Crippen LogP contribution in [0.4, 0.5) is 0 Å². The van der Waals surface area contributed by atoms with E-state index >= 15 is 0 Å². The topological polar surface area (TPSA) is 112 Å². The molecule has 0 saturated heterocycles. The number of amides is 2. The molecule has 0 aliphatic carbocycles. The number of aromatic nitrogens is 2. The van der Waals surface area contributed by atoms with Crippen molar-refractivity contribution >= 4 is 11.8 Å². The highest BCUT2D eigenvalue weighted by Gasteiger charge is 2.17. The van der Waals surface area contributed by atoms with E-state index in [1.54, 1.807) is 30.5 Å². The number of hydrogen-bond donors (Lipinski definition) is 2. The monoisotopic (exact) mass is 270 g/mol. The Kier molecular flexibility index (Phi) is 3.74. The fourth-order valence-electron chi connectivity index (χ4n) is 1.98. The molecule has 1 heterocycles. The largest absolute Gasteiger partial charge is 0.366 e. The van der Waals surface area contributed by atoms with Gasteiger partial charge in [-0.05, 0) is 30.7 Å². The molecule has 0 spiro atoms. The Morgan fingerprint density at radius 2 is 1.70 bits per heavy atom. The summed E-state index contributed by atoms with van der Waals surface area (Å²) < 4.78 is 0. The van der Waals surface area contributed by atoms with Crippen LogP contribution >= 0.6 is 0 Å². The molecule has 0 fully saturated rings. The highest BCUT2D eigenvalue weighted by molar-refractivity contribution is 6.01. The van der Waals surface area contributed by atoms with Gasteiger partial charge in [0.05, 0.1) is 0 Å². The van der Waals surface area contributed by atoms with Crippen LogP contribution in [0.3, 0.4) is 0 Å². The molecular formula is C14H14N4O2. The second kappa shape index (κ2) is 5.48. The summed E-state index contributed by atoms with van der Waals surface area (Å²) in [5.74, 6) is -0.729. The van der Waals surface area contributed by atoms with Gasteiger partial charge in [-0.1, -0.05) is 6.07 Å². The maximum absolute atomic E-state index is 11.5. The number of primary amides is 2. The molecule has 1 aromatic carbocycles. The second-order valence-electron chi connectivity index (χ2n) is 4.35. The smallest absolute Gasteiger partial charge is 0.249 e. The third kappa shape index (κ3) is 2.80. The van der Waals surface area contributed by atoms with Crippen molar-refractivity contribution in [1.82, 2.24) is 9.97 Å². The van der Waals surface area contributed by atoms with Gasteiger partial charge in [-0.3, -0.25) is 9.59 Å². The Bertz CT molecular complexity index is 650. The molecule has 0 saturated carbocycles. The number of nitrogens with two attached hydrogens (primary N) is 2. The van der Waals surface area contributed by atoms with E-state index in [1.807, 2.05) is 6.92 Å². The van der Waals surface area contributed by atoms with Crippen LogP contribution in [-0.4, -0.2) is 21.8 Å². The fraction of sp³-hybridized carbons (Fsp3) is 0.143. The summed E-state index contributed by atoms with van der Waals surface area (Å²) in [6.45, 7) is 1.83. The summed E-state index contributed by atoms with van der Waals surface area (Å²) in [5.41, 5.74) is 12.4. The lowest BCUT2D eigenvalue weighted by molar-refractivity contribution is 0.0999. The molecule has 2 amide bonds. The quantitative estimate of drug-likeness (QED) is 0.845. The van der Waals surface area contributed by atoms with Crippen LogP contribution in [0, 0.1) is 6.92 Å². The normalized spacial score (nSPS) is 10.2. The molecule has 0 aliphatic rings. The molecule has 102 valence electrons. The van der Waals surface area contributed by atoms with E-state index < -0.39 is 11.8 Å². The molecule has 2 aromatic rings. The second-order valence-corrected chi connectivity index (χ2v) is 4.35.